The van der Waals surface area contributed by atoms with Crippen molar-refractivity contribution in [3.8, 4) is 11.1 Å². The second-order valence-corrected chi connectivity index (χ2v) is 19.9. The van der Waals surface area contributed by atoms with Crippen LogP contribution in [0.2, 0.25) is 13.9 Å². The molecule has 0 radical (unpaired) electrons. The van der Waals surface area contributed by atoms with E-state index >= 15 is 0 Å². The molecule has 0 saturated heterocycles. The Morgan fingerprint density at radius 1 is 0.850 bits per heavy atom. The SMILES string of the molecule is CC1=Cc2c(-c3ccccc3)cccc2[CH]1[Zr]([CH3])([CH3])[CH3]. The molecule has 20 heavy (non-hydrogen) atoms. The van der Waals surface area contributed by atoms with Crippen LogP contribution in [0.25, 0.3) is 17.2 Å². The van der Waals surface area contributed by atoms with Gasteiger partial charge in [0, 0.05) is 0 Å². The second kappa shape index (κ2) is 5.12. The summed E-state index contributed by atoms with van der Waals surface area (Å²) in [5, 5.41) is 0. The molecular weight excluding hydrogens is 319 g/mol. The molecule has 2 aromatic rings. The van der Waals surface area contributed by atoms with Crippen molar-refractivity contribution in [3.63, 3.8) is 0 Å². The van der Waals surface area contributed by atoms with E-state index in [1.807, 2.05) is 0 Å². The van der Waals surface area contributed by atoms with Crippen molar-refractivity contribution >= 4 is 6.08 Å². The average Bonchev–Trinajstić information content (AvgIpc) is 2.75. The molecule has 1 aliphatic rings. The van der Waals surface area contributed by atoms with Crippen LogP contribution in [0, 0.1) is 0 Å². The third-order valence-electron chi connectivity index (χ3n) is 4.23. The van der Waals surface area contributed by atoms with E-state index in [1.54, 1.807) is 11.1 Å². The summed E-state index contributed by atoms with van der Waals surface area (Å²) in [5.74, 6) is 0. The van der Waals surface area contributed by atoms with E-state index in [0.29, 0.717) is 0 Å². The van der Waals surface area contributed by atoms with Crippen molar-refractivity contribution in [2.24, 2.45) is 0 Å². The number of hydrogen-bond donors (Lipinski definition) is 0. The van der Waals surface area contributed by atoms with Gasteiger partial charge in [-0.15, -0.1) is 0 Å². The van der Waals surface area contributed by atoms with Gasteiger partial charge >= 0.3 is 127 Å². The normalized spacial score (nSPS) is 17.8. The van der Waals surface area contributed by atoms with Crippen molar-refractivity contribution < 1.29 is 20.3 Å². The van der Waals surface area contributed by atoms with E-state index in [9.17, 15) is 0 Å². The molecule has 0 amide bonds. The van der Waals surface area contributed by atoms with Gasteiger partial charge in [0.25, 0.3) is 0 Å². The zero-order valence-electron chi connectivity index (χ0n) is 12.8. The Labute approximate surface area is 126 Å². The summed E-state index contributed by atoms with van der Waals surface area (Å²) in [6, 6.07) is 17.6. The van der Waals surface area contributed by atoms with Crippen molar-refractivity contribution in [2.45, 2.75) is 24.4 Å². The Hall–Kier alpha value is -0.937. The number of fused-ring (bicyclic) bond motifs is 1. The van der Waals surface area contributed by atoms with Gasteiger partial charge < -0.3 is 0 Å². The van der Waals surface area contributed by atoms with Crippen LogP contribution in [-0.4, -0.2) is 0 Å². The van der Waals surface area contributed by atoms with Crippen LogP contribution in [0.4, 0.5) is 0 Å². The predicted octanol–water partition coefficient (Wildman–Crippen LogP) is 6.11. The summed E-state index contributed by atoms with van der Waals surface area (Å²) in [5.41, 5.74) is 7.34. The molecule has 0 bridgehead atoms. The molecule has 1 unspecified atom stereocenters. The Morgan fingerprint density at radius 2 is 1.55 bits per heavy atom. The van der Waals surface area contributed by atoms with Gasteiger partial charge in [0.2, 0.25) is 0 Å². The van der Waals surface area contributed by atoms with Gasteiger partial charge in [-0.25, -0.2) is 0 Å². The first-order valence-electron chi connectivity index (χ1n) is 7.35. The molecule has 0 aromatic heterocycles. The van der Waals surface area contributed by atoms with Crippen molar-refractivity contribution in [1.82, 2.24) is 0 Å². The fourth-order valence-corrected chi connectivity index (χ4v) is 10.0. The first kappa shape index (κ1) is 14.0. The van der Waals surface area contributed by atoms with Crippen LogP contribution in [-0.2, 0) is 20.3 Å². The minimum atomic E-state index is -2.00. The molecule has 0 fully saturated rings. The molecule has 2 aromatic carbocycles. The van der Waals surface area contributed by atoms with Crippen molar-refractivity contribution in [1.29, 1.82) is 0 Å². The zero-order valence-corrected chi connectivity index (χ0v) is 15.2. The topological polar surface area (TPSA) is 0 Å². The van der Waals surface area contributed by atoms with Crippen molar-refractivity contribution in [3.05, 3.63) is 65.2 Å². The molecule has 0 saturated carbocycles. The zero-order chi connectivity index (χ0) is 14.3. The van der Waals surface area contributed by atoms with E-state index < -0.39 is 20.3 Å². The molecule has 0 aliphatic heterocycles. The first-order chi connectivity index (χ1) is 9.48. The number of hydrogen-bond acceptors (Lipinski definition) is 0. The standard InChI is InChI=1S/C16H13.3CH3.Zr/c1-12-10-14-8-5-9-15(16(14)11-12)13-6-3-2-4-7-13;;;;/h2-11H,1H3;3*1H3;. The van der Waals surface area contributed by atoms with E-state index in [-0.39, 0.29) is 0 Å². The van der Waals surface area contributed by atoms with Crippen molar-refractivity contribution in [2.75, 3.05) is 0 Å². The molecule has 0 nitrogen and oxygen atoms in total. The summed E-state index contributed by atoms with van der Waals surface area (Å²) in [6.45, 7) is 2.32. The summed E-state index contributed by atoms with van der Waals surface area (Å²) < 4.78 is 8.37. The van der Waals surface area contributed by atoms with E-state index in [2.05, 4.69) is 75.4 Å². The molecule has 0 N–H and O–H groups in total. The molecule has 1 atom stereocenters. The van der Waals surface area contributed by atoms with E-state index in [4.69, 9.17) is 0 Å². The van der Waals surface area contributed by atoms with Crippen LogP contribution in [0.3, 0.4) is 0 Å². The Balaban J connectivity index is 2.18. The monoisotopic (exact) mass is 340 g/mol. The third kappa shape index (κ3) is 2.37. The van der Waals surface area contributed by atoms with Gasteiger partial charge in [-0.1, -0.05) is 0 Å². The quantitative estimate of drug-likeness (QED) is 0.618. The maximum absolute atomic E-state index is 2.54. The van der Waals surface area contributed by atoms with Crippen LogP contribution in [0.5, 0.6) is 0 Å². The van der Waals surface area contributed by atoms with Gasteiger partial charge in [-0.3, -0.25) is 0 Å². The summed E-state index contributed by atoms with van der Waals surface area (Å²) in [6.07, 6.45) is 2.44. The van der Waals surface area contributed by atoms with Gasteiger partial charge in [-0.2, -0.15) is 0 Å². The summed E-state index contributed by atoms with van der Waals surface area (Å²) >= 11 is -2.00. The fraction of sp³-hybridized carbons (Fsp3) is 0.263. The number of rotatable bonds is 2. The second-order valence-electron chi connectivity index (χ2n) is 6.86. The molecule has 1 aliphatic carbocycles. The average molecular weight is 342 g/mol. The van der Waals surface area contributed by atoms with Gasteiger partial charge in [0.1, 0.15) is 0 Å². The molecule has 3 rings (SSSR count). The van der Waals surface area contributed by atoms with E-state index in [0.717, 1.165) is 3.63 Å². The van der Waals surface area contributed by atoms with Gasteiger partial charge in [-0.05, 0) is 0 Å². The Morgan fingerprint density at radius 3 is 2.20 bits per heavy atom. The van der Waals surface area contributed by atoms with Gasteiger partial charge in [0.15, 0.2) is 0 Å². The predicted molar refractivity (Wildman–Crippen MR) is 85.9 cm³/mol. The minimum absolute atomic E-state index is 0.739. The molecule has 0 spiro atoms. The summed E-state index contributed by atoms with van der Waals surface area (Å²) in [4.78, 5) is 0. The molecule has 0 heterocycles. The van der Waals surface area contributed by atoms with Crippen LogP contribution in [0.15, 0.2) is 54.1 Å². The molecular formula is C19H22Zr. The fourth-order valence-electron chi connectivity index (χ4n) is 3.57. The van der Waals surface area contributed by atoms with E-state index in [1.165, 1.54) is 16.7 Å². The Bertz CT molecular complexity index is 660. The van der Waals surface area contributed by atoms with Gasteiger partial charge in [0.05, 0.1) is 0 Å². The van der Waals surface area contributed by atoms with Crippen LogP contribution < -0.4 is 0 Å². The van der Waals surface area contributed by atoms with Crippen LogP contribution >= 0.6 is 0 Å². The third-order valence-corrected chi connectivity index (χ3v) is 10.4. The molecule has 102 valence electrons. The molecule has 1 heteroatoms. The number of benzene rings is 2. The Kier molecular flexibility index (Phi) is 3.59. The summed E-state index contributed by atoms with van der Waals surface area (Å²) in [7, 11) is 0. The first-order valence-corrected chi connectivity index (χ1v) is 16.1. The maximum atomic E-state index is 2.54. The number of allylic oxidation sites excluding steroid dienone is 1. The van der Waals surface area contributed by atoms with Crippen LogP contribution in [0.1, 0.15) is 21.7 Å².